The Hall–Kier alpha value is -0.570. The van der Waals surface area contributed by atoms with E-state index in [0.29, 0.717) is 6.54 Å². The molecule has 2 aliphatic rings. The lowest BCUT2D eigenvalue weighted by molar-refractivity contribution is -0.131. The second-order valence-corrected chi connectivity index (χ2v) is 6.45. The Morgan fingerprint density at radius 3 is 2.17 bits per heavy atom. The molecule has 0 aromatic rings. The molecule has 0 saturated heterocycles. The number of hydrogen-bond acceptors (Lipinski definition) is 2. The SMILES string of the molecule is CCC1(C(=O)NCC2(N)CCCCC2)CCCC1. The van der Waals surface area contributed by atoms with Crippen molar-refractivity contribution in [1.29, 1.82) is 0 Å². The van der Waals surface area contributed by atoms with Crippen LogP contribution < -0.4 is 11.1 Å². The summed E-state index contributed by atoms with van der Waals surface area (Å²) in [7, 11) is 0. The topological polar surface area (TPSA) is 55.1 Å². The van der Waals surface area contributed by atoms with E-state index in [1.807, 2.05) is 0 Å². The maximum atomic E-state index is 12.4. The second-order valence-electron chi connectivity index (χ2n) is 6.45. The fourth-order valence-corrected chi connectivity index (χ4v) is 3.67. The van der Waals surface area contributed by atoms with E-state index in [9.17, 15) is 4.79 Å². The first-order valence-corrected chi connectivity index (χ1v) is 7.67. The second kappa shape index (κ2) is 5.60. The fourth-order valence-electron chi connectivity index (χ4n) is 3.67. The Kier molecular flexibility index (Phi) is 4.31. The fraction of sp³-hybridized carbons (Fsp3) is 0.933. The van der Waals surface area contributed by atoms with Gasteiger partial charge in [-0.05, 0) is 32.1 Å². The number of carbonyl (C=O) groups excluding carboxylic acids is 1. The van der Waals surface area contributed by atoms with Crippen LogP contribution in [0.3, 0.4) is 0 Å². The smallest absolute Gasteiger partial charge is 0.226 e. The van der Waals surface area contributed by atoms with Crippen molar-refractivity contribution in [2.24, 2.45) is 11.1 Å². The molecule has 0 heterocycles. The van der Waals surface area contributed by atoms with E-state index >= 15 is 0 Å². The first-order chi connectivity index (χ1) is 8.60. The Labute approximate surface area is 111 Å². The van der Waals surface area contributed by atoms with Crippen LogP contribution in [0.15, 0.2) is 0 Å². The quantitative estimate of drug-likeness (QED) is 0.808. The van der Waals surface area contributed by atoms with Crippen LogP contribution in [0.5, 0.6) is 0 Å². The summed E-state index contributed by atoms with van der Waals surface area (Å²) in [4.78, 5) is 12.4. The molecule has 104 valence electrons. The third kappa shape index (κ3) is 2.87. The number of nitrogens with two attached hydrogens (primary N) is 1. The zero-order valence-corrected chi connectivity index (χ0v) is 11.8. The van der Waals surface area contributed by atoms with Crippen molar-refractivity contribution in [3.8, 4) is 0 Å². The van der Waals surface area contributed by atoms with E-state index in [-0.39, 0.29) is 16.9 Å². The van der Waals surface area contributed by atoms with Crippen LogP contribution in [0.2, 0.25) is 0 Å². The van der Waals surface area contributed by atoms with Gasteiger partial charge in [-0.15, -0.1) is 0 Å². The largest absolute Gasteiger partial charge is 0.354 e. The van der Waals surface area contributed by atoms with Crippen LogP contribution in [-0.2, 0) is 4.79 Å². The van der Waals surface area contributed by atoms with E-state index in [1.165, 1.54) is 32.1 Å². The van der Waals surface area contributed by atoms with Gasteiger partial charge in [0.15, 0.2) is 0 Å². The van der Waals surface area contributed by atoms with Crippen LogP contribution in [0.25, 0.3) is 0 Å². The van der Waals surface area contributed by atoms with Crippen molar-refractivity contribution < 1.29 is 4.79 Å². The lowest BCUT2D eigenvalue weighted by atomic mass is 9.80. The molecule has 0 bridgehead atoms. The van der Waals surface area contributed by atoms with E-state index in [1.54, 1.807) is 0 Å². The molecule has 0 unspecified atom stereocenters. The molecule has 3 N–H and O–H groups in total. The third-order valence-corrected chi connectivity index (χ3v) is 5.17. The van der Waals surface area contributed by atoms with Crippen LogP contribution in [0.4, 0.5) is 0 Å². The van der Waals surface area contributed by atoms with Gasteiger partial charge < -0.3 is 11.1 Å². The highest BCUT2D eigenvalue weighted by atomic mass is 16.2. The van der Waals surface area contributed by atoms with Crippen LogP contribution >= 0.6 is 0 Å². The molecular weight excluding hydrogens is 224 g/mol. The highest BCUT2D eigenvalue weighted by Gasteiger charge is 2.40. The highest BCUT2D eigenvalue weighted by Crippen LogP contribution is 2.41. The van der Waals surface area contributed by atoms with Crippen molar-refractivity contribution in [2.45, 2.75) is 76.7 Å². The molecule has 0 aromatic carbocycles. The molecule has 2 aliphatic carbocycles. The van der Waals surface area contributed by atoms with Gasteiger partial charge in [-0.25, -0.2) is 0 Å². The van der Waals surface area contributed by atoms with Crippen molar-refractivity contribution in [2.75, 3.05) is 6.54 Å². The van der Waals surface area contributed by atoms with Gasteiger partial charge in [-0.3, -0.25) is 4.79 Å². The minimum absolute atomic E-state index is 0.0783. The maximum absolute atomic E-state index is 12.4. The summed E-state index contributed by atoms with van der Waals surface area (Å²) >= 11 is 0. The summed E-state index contributed by atoms with van der Waals surface area (Å²) in [6.45, 7) is 2.82. The molecule has 2 saturated carbocycles. The van der Waals surface area contributed by atoms with Gasteiger partial charge in [0.1, 0.15) is 0 Å². The summed E-state index contributed by atoms with van der Waals surface area (Å²) in [5.41, 5.74) is 6.16. The molecule has 0 atom stereocenters. The number of carbonyl (C=O) groups is 1. The predicted octanol–water partition coefficient (Wildman–Crippen LogP) is 2.73. The van der Waals surface area contributed by atoms with E-state index < -0.39 is 0 Å². The molecule has 3 nitrogen and oxygen atoms in total. The molecule has 0 radical (unpaired) electrons. The third-order valence-electron chi connectivity index (χ3n) is 5.17. The summed E-state index contributed by atoms with van der Waals surface area (Å²) in [6.07, 6.45) is 11.3. The lowest BCUT2D eigenvalue weighted by Crippen LogP contribution is -2.53. The first-order valence-electron chi connectivity index (χ1n) is 7.67. The van der Waals surface area contributed by atoms with Crippen LogP contribution in [0.1, 0.15) is 71.1 Å². The first kappa shape index (κ1) is 13.9. The van der Waals surface area contributed by atoms with Gasteiger partial charge in [0.05, 0.1) is 0 Å². The molecule has 2 rings (SSSR count). The van der Waals surface area contributed by atoms with Gasteiger partial charge in [0.2, 0.25) is 5.91 Å². The lowest BCUT2D eigenvalue weighted by Gasteiger charge is -2.35. The average Bonchev–Trinajstić information content (AvgIpc) is 2.87. The molecule has 18 heavy (non-hydrogen) atoms. The summed E-state index contributed by atoms with van der Waals surface area (Å²) < 4.78 is 0. The van der Waals surface area contributed by atoms with Crippen molar-refractivity contribution in [3.05, 3.63) is 0 Å². The van der Waals surface area contributed by atoms with Crippen molar-refractivity contribution in [1.82, 2.24) is 5.32 Å². The van der Waals surface area contributed by atoms with Crippen molar-refractivity contribution in [3.63, 3.8) is 0 Å². The summed E-state index contributed by atoms with van der Waals surface area (Å²) in [5.74, 6) is 0.262. The van der Waals surface area contributed by atoms with E-state index in [2.05, 4.69) is 12.2 Å². The Morgan fingerprint density at radius 1 is 1.06 bits per heavy atom. The number of amides is 1. The Balaban J connectivity index is 1.87. The molecule has 1 amide bonds. The molecule has 0 aliphatic heterocycles. The Morgan fingerprint density at radius 2 is 1.61 bits per heavy atom. The minimum Gasteiger partial charge on any atom is -0.354 e. The molecular formula is C15H28N2O. The predicted molar refractivity (Wildman–Crippen MR) is 74.2 cm³/mol. The summed E-state index contributed by atoms with van der Waals surface area (Å²) in [5, 5.41) is 3.16. The van der Waals surface area contributed by atoms with Crippen LogP contribution in [0, 0.1) is 5.41 Å². The van der Waals surface area contributed by atoms with Crippen LogP contribution in [-0.4, -0.2) is 18.0 Å². The highest BCUT2D eigenvalue weighted by molar-refractivity contribution is 5.82. The number of hydrogen-bond donors (Lipinski definition) is 2. The average molecular weight is 252 g/mol. The molecule has 0 aromatic heterocycles. The van der Waals surface area contributed by atoms with Gasteiger partial charge in [-0.2, -0.15) is 0 Å². The van der Waals surface area contributed by atoms with Gasteiger partial charge in [0, 0.05) is 17.5 Å². The summed E-state index contributed by atoms with van der Waals surface area (Å²) in [6, 6.07) is 0. The normalized spacial score (nSPS) is 25.9. The number of nitrogens with one attached hydrogen (secondary N) is 1. The molecule has 0 spiro atoms. The Bertz CT molecular complexity index is 289. The maximum Gasteiger partial charge on any atom is 0.226 e. The van der Waals surface area contributed by atoms with E-state index in [4.69, 9.17) is 5.73 Å². The standard InChI is InChI=1S/C15H28N2O/c1-2-14(8-6-7-9-14)13(18)17-12-15(16)10-4-3-5-11-15/h2-12,16H2,1H3,(H,17,18). The van der Waals surface area contributed by atoms with Gasteiger partial charge in [0.25, 0.3) is 0 Å². The van der Waals surface area contributed by atoms with Gasteiger partial charge in [-0.1, -0.05) is 39.0 Å². The van der Waals surface area contributed by atoms with Gasteiger partial charge >= 0.3 is 0 Å². The monoisotopic (exact) mass is 252 g/mol. The molecule has 3 heteroatoms. The molecule has 2 fully saturated rings. The number of rotatable bonds is 4. The van der Waals surface area contributed by atoms with E-state index in [0.717, 1.165) is 32.1 Å². The zero-order chi connectivity index (χ0) is 13.1. The minimum atomic E-state index is -0.137. The zero-order valence-electron chi connectivity index (χ0n) is 11.8. The van der Waals surface area contributed by atoms with Crippen molar-refractivity contribution >= 4 is 5.91 Å².